The molecular weight excluding hydrogens is 300 g/mol. The lowest BCUT2D eigenvalue weighted by Crippen LogP contribution is -2.21. The number of fused-ring (bicyclic) bond motifs is 1. The number of nitrogens with zero attached hydrogens (tertiary/aromatic N) is 4. The number of hydrogen-bond acceptors (Lipinski definition) is 4. The lowest BCUT2D eigenvalue weighted by molar-refractivity contribution is 0.361. The Morgan fingerprint density at radius 1 is 1.04 bits per heavy atom. The Balaban J connectivity index is 1.82. The highest BCUT2D eigenvalue weighted by Gasteiger charge is 2.22. The van der Waals surface area contributed by atoms with Crippen molar-refractivity contribution in [2.75, 3.05) is 44.7 Å². The molecule has 2 aromatic rings. The minimum Gasteiger partial charge on any atom is -0.494 e. The van der Waals surface area contributed by atoms with Gasteiger partial charge in [-0.15, -0.1) is 0 Å². The molecule has 1 aromatic carbocycles. The molecule has 2 aliphatic rings. The van der Waals surface area contributed by atoms with Gasteiger partial charge in [0, 0.05) is 56.4 Å². The van der Waals surface area contributed by atoms with Gasteiger partial charge in [0.15, 0.2) is 0 Å². The molecule has 0 atom stereocenters. The Morgan fingerprint density at radius 2 is 1.83 bits per heavy atom. The summed E-state index contributed by atoms with van der Waals surface area (Å²) in [4.78, 5) is 9.52. The second kappa shape index (κ2) is 6.13. The standard InChI is InChI=1S/C19H26N4O/c1-21-11-7-16(20-8-12-21)18-15-13-14(23-9-3-4-10-23)5-6-17(15)22(2)19(18)24/h5-6,13,24H,3-4,7-12H2,1-2H3. The first-order valence-electron chi connectivity index (χ1n) is 8.94. The first kappa shape index (κ1) is 15.5. The quantitative estimate of drug-likeness (QED) is 0.922. The van der Waals surface area contributed by atoms with Crippen LogP contribution in [0.1, 0.15) is 24.8 Å². The van der Waals surface area contributed by atoms with Crippen molar-refractivity contribution in [2.24, 2.45) is 12.0 Å². The van der Waals surface area contributed by atoms with Crippen LogP contribution in [0.25, 0.3) is 10.9 Å². The number of aryl methyl sites for hydroxylation is 1. The number of aromatic nitrogens is 1. The molecule has 1 N–H and O–H groups in total. The zero-order valence-corrected chi connectivity index (χ0v) is 14.6. The Bertz CT molecular complexity index is 786. The van der Waals surface area contributed by atoms with E-state index in [1.807, 2.05) is 11.6 Å². The van der Waals surface area contributed by atoms with Gasteiger partial charge in [-0.1, -0.05) is 0 Å². The highest BCUT2D eigenvalue weighted by molar-refractivity contribution is 6.14. The van der Waals surface area contributed by atoms with Gasteiger partial charge in [-0.2, -0.15) is 0 Å². The van der Waals surface area contributed by atoms with Crippen molar-refractivity contribution in [1.29, 1.82) is 0 Å². The summed E-state index contributed by atoms with van der Waals surface area (Å²) in [6, 6.07) is 6.56. The third-order valence-electron chi connectivity index (χ3n) is 5.43. The SMILES string of the molecule is CN1CCN=C(c2c(O)n(C)c3ccc(N4CCCC4)cc23)CC1. The fourth-order valence-electron chi connectivity index (χ4n) is 3.92. The maximum Gasteiger partial charge on any atom is 0.201 e. The molecule has 0 unspecified atom stereocenters. The molecule has 24 heavy (non-hydrogen) atoms. The minimum atomic E-state index is 0.340. The van der Waals surface area contributed by atoms with E-state index < -0.39 is 0 Å². The molecule has 1 aromatic heterocycles. The average molecular weight is 326 g/mol. The first-order chi connectivity index (χ1) is 11.6. The summed E-state index contributed by atoms with van der Waals surface area (Å²) in [5.41, 5.74) is 4.31. The van der Waals surface area contributed by atoms with Crippen LogP contribution < -0.4 is 4.90 Å². The average Bonchev–Trinajstić information content (AvgIpc) is 3.13. The van der Waals surface area contributed by atoms with E-state index in [-0.39, 0.29) is 0 Å². The van der Waals surface area contributed by atoms with Crippen molar-refractivity contribution < 1.29 is 5.11 Å². The van der Waals surface area contributed by atoms with E-state index in [1.165, 1.54) is 18.5 Å². The highest BCUT2D eigenvalue weighted by atomic mass is 16.3. The van der Waals surface area contributed by atoms with Crippen LogP contribution >= 0.6 is 0 Å². The van der Waals surface area contributed by atoms with E-state index in [4.69, 9.17) is 4.99 Å². The van der Waals surface area contributed by atoms with Crippen LogP contribution in [0.15, 0.2) is 23.2 Å². The fraction of sp³-hybridized carbons (Fsp3) is 0.526. The Hall–Kier alpha value is -2.01. The number of aromatic hydroxyl groups is 1. The zero-order valence-electron chi connectivity index (χ0n) is 14.6. The maximum absolute atomic E-state index is 10.7. The van der Waals surface area contributed by atoms with Crippen LogP contribution in [0.2, 0.25) is 0 Å². The molecule has 0 saturated carbocycles. The molecule has 0 radical (unpaired) electrons. The maximum atomic E-state index is 10.7. The molecule has 2 aliphatic heterocycles. The fourth-order valence-corrected chi connectivity index (χ4v) is 3.92. The van der Waals surface area contributed by atoms with Gasteiger partial charge in [0.25, 0.3) is 0 Å². The van der Waals surface area contributed by atoms with Crippen molar-refractivity contribution in [3.05, 3.63) is 23.8 Å². The van der Waals surface area contributed by atoms with Gasteiger partial charge in [-0.3, -0.25) is 4.99 Å². The number of benzene rings is 1. The lowest BCUT2D eigenvalue weighted by Gasteiger charge is -2.17. The molecule has 5 heteroatoms. The van der Waals surface area contributed by atoms with Crippen molar-refractivity contribution >= 4 is 22.3 Å². The van der Waals surface area contributed by atoms with Crippen LogP contribution in [-0.2, 0) is 7.05 Å². The molecule has 128 valence electrons. The van der Waals surface area contributed by atoms with Crippen molar-refractivity contribution in [3.8, 4) is 5.88 Å². The first-order valence-corrected chi connectivity index (χ1v) is 8.94. The van der Waals surface area contributed by atoms with Crippen LogP contribution in [0.4, 0.5) is 5.69 Å². The molecule has 3 heterocycles. The smallest absolute Gasteiger partial charge is 0.201 e. The Morgan fingerprint density at radius 3 is 2.62 bits per heavy atom. The van der Waals surface area contributed by atoms with E-state index in [1.54, 1.807) is 0 Å². The summed E-state index contributed by atoms with van der Waals surface area (Å²) in [6.07, 6.45) is 3.42. The number of anilines is 1. The summed E-state index contributed by atoms with van der Waals surface area (Å²) in [5, 5.41) is 11.9. The van der Waals surface area contributed by atoms with Crippen molar-refractivity contribution in [1.82, 2.24) is 9.47 Å². The summed E-state index contributed by atoms with van der Waals surface area (Å²) in [7, 11) is 4.06. The lowest BCUT2D eigenvalue weighted by atomic mass is 10.0. The van der Waals surface area contributed by atoms with Gasteiger partial charge < -0.3 is 19.5 Å². The highest BCUT2D eigenvalue weighted by Crippen LogP contribution is 2.35. The normalized spacial score (nSPS) is 19.8. The monoisotopic (exact) mass is 326 g/mol. The second-order valence-corrected chi connectivity index (χ2v) is 7.03. The molecule has 5 nitrogen and oxygen atoms in total. The summed E-state index contributed by atoms with van der Waals surface area (Å²) in [5.74, 6) is 0.340. The van der Waals surface area contributed by atoms with Crippen LogP contribution in [0.3, 0.4) is 0 Å². The summed E-state index contributed by atoms with van der Waals surface area (Å²) >= 11 is 0. The van der Waals surface area contributed by atoms with Gasteiger partial charge in [0.05, 0.1) is 17.6 Å². The van der Waals surface area contributed by atoms with Crippen LogP contribution in [-0.4, -0.2) is 60.1 Å². The van der Waals surface area contributed by atoms with Gasteiger partial charge in [0.1, 0.15) is 0 Å². The molecule has 0 bridgehead atoms. The molecule has 0 spiro atoms. The Labute approximate surface area is 143 Å². The van der Waals surface area contributed by atoms with Crippen molar-refractivity contribution in [3.63, 3.8) is 0 Å². The number of aliphatic imine (C=N–C) groups is 1. The van der Waals surface area contributed by atoms with Gasteiger partial charge in [-0.25, -0.2) is 0 Å². The van der Waals surface area contributed by atoms with Gasteiger partial charge in [0.2, 0.25) is 5.88 Å². The van der Waals surface area contributed by atoms with E-state index in [9.17, 15) is 5.11 Å². The zero-order chi connectivity index (χ0) is 16.7. The minimum absolute atomic E-state index is 0.340. The largest absolute Gasteiger partial charge is 0.494 e. The molecule has 1 saturated heterocycles. The van der Waals surface area contributed by atoms with E-state index in [0.29, 0.717) is 5.88 Å². The van der Waals surface area contributed by atoms with E-state index in [2.05, 4.69) is 35.0 Å². The third-order valence-corrected chi connectivity index (χ3v) is 5.43. The second-order valence-electron chi connectivity index (χ2n) is 7.03. The van der Waals surface area contributed by atoms with Crippen molar-refractivity contribution in [2.45, 2.75) is 19.3 Å². The molecule has 4 rings (SSSR count). The number of likely N-dealkylation sites (N-methyl/N-ethyl adjacent to an activating group) is 1. The summed E-state index contributed by atoms with van der Waals surface area (Å²) in [6.45, 7) is 5.03. The molecule has 1 fully saturated rings. The Kier molecular flexibility index (Phi) is 3.96. The molecule has 0 amide bonds. The predicted molar refractivity (Wildman–Crippen MR) is 99.5 cm³/mol. The van der Waals surface area contributed by atoms with Crippen LogP contribution in [0, 0.1) is 0 Å². The van der Waals surface area contributed by atoms with Gasteiger partial charge in [-0.05, 0) is 38.1 Å². The molecular formula is C19H26N4O. The third kappa shape index (κ3) is 2.57. The van der Waals surface area contributed by atoms with Crippen LogP contribution in [0.5, 0.6) is 5.88 Å². The number of hydrogen-bond donors (Lipinski definition) is 1. The topological polar surface area (TPSA) is 44.0 Å². The number of rotatable bonds is 2. The van der Waals surface area contributed by atoms with E-state index >= 15 is 0 Å². The summed E-state index contributed by atoms with van der Waals surface area (Å²) < 4.78 is 1.88. The van der Waals surface area contributed by atoms with E-state index in [0.717, 1.165) is 61.3 Å². The predicted octanol–water partition coefficient (Wildman–Crippen LogP) is 2.61. The molecule has 0 aliphatic carbocycles. The van der Waals surface area contributed by atoms with Gasteiger partial charge >= 0.3 is 0 Å².